The third-order valence-electron chi connectivity index (χ3n) is 25.6. The van der Waals surface area contributed by atoms with Gasteiger partial charge in [0.2, 0.25) is 29.0 Å². The Kier molecular flexibility index (Phi) is 51.4. The van der Waals surface area contributed by atoms with Crippen LogP contribution in [0.15, 0.2) is 59.2 Å². The molecule has 4 aliphatic heterocycles. The minimum absolute atomic E-state index is 0.00703. The third kappa shape index (κ3) is 36.1. The average molecular weight is 2160 g/mol. The first-order valence-electron chi connectivity index (χ1n) is 49.2. The van der Waals surface area contributed by atoms with Crippen molar-refractivity contribution in [2.24, 2.45) is 29.2 Å². The number of allylic oxidation sites excluding steroid dienone is 3. The summed E-state index contributed by atoms with van der Waals surface area (Å²) in [7, 11) is 8.75. The number of carbonyl (C=O) groups excluding carboxylic acids is 10. The number of aliphatic hydroxyl groups excluding tert-OH is 4. The minimum Gasteiger partial charge on any atom is -0.492 e. The number of hydroxylamine groups is 1. The fraction of sp³-hybridized carbons (Fsp3) is 0.683. The maximum absolute atomic E-state index is 14.7. The molecule has 22 atom stereocenters. The van der Waals surface area contributed by atoms with Gasteiger partial charge in [0, 0.05) is 111 Å². The van der Waals surface area contributed by atoms with Crippen LogP contribution in [0.2, 0.25) is 0 Å². The molecule has 41 heteroatoms. The lowest BCUT2D eigenvalue weighted by Crippen LogP contribution is -2.65. The van der Waals surface area contributed by atoms with Gasteiger partial charge in [-0.1, -0.05) is 148 Å². The van der Waals surface area contributed by atoms with Crippen LogP contribution in [0, 0.1) is 51.9 Å². The van der Waals surface area contributed by atoms with Gasteiger partial charge in [-0.3, -0.25) is 43.3 Å². The number of halogens is 1. The number of unbranched alkanes of at least 4 members (excludes halogenated alkanes) is 7. The lowest BCUT2D eigenvalue weighted by atomic mass is 9.72. The number of thioether (sulfide) groups is 1. The first-order chi connectivity index (χ1) is 67.8. The Morgan fingerprint density at radius 1 is 0.725 bits per heavy atom. The van der Waals surface area contributed by atoms with Gasteiger partial charge >= 0.3 is 12.1 Å². The van der Waals surface area contributed by atoms with Crippen LogP contribution in [0.1, 0.15) is 219 Å². The molecule has 2 aromatic carbocycles. The highest BCUT2D eigenvalue weighted by Gasteiger charge is 2.53. The lowest BCUT2D eigenvalue weighted by molar-refractivity contribution is -0.337. The van der Waals surface area contributed by atoms with Gasteiger partial charge in [-0.05, 0) is 177 Å². The van der Waals surface area contributed by atoms with Crippen LogP contribution in [-0.2, 0) is 87.6 Å². The summed E-state index contributed by atoms with van der Waals surface area (Å²) in [4.78, 5) is 142. The predicted molar refractivity (Wildman–Crippen MR) is 546 cm³/mol. The van der Waals surface area contributed by atoms with Crippen molar-refractivity contribution in [3.63, 3.8) is 0 Å². The van der Waals surface area contributed by atoms with E-state index in [0.717, 1.165) is 63.3 Å². The normalized spacial score (nSPS) is 26.7. The van der Waals surface area contributed by atoms with Crippen molar-refractivity contribution >= 4 is 120 Å². The molecule has 4 fully saturated rings. The van der Waals surface area contributed by atoms with Crippen LogP contribution in [0.3, 0.4) is 0 Å². The number of primary amides is 1. The highest BCUT2D eigenvalue weighted by atomic mass is 127. The Balaban J connectivity index is 0.808. The number of alkyl carbamates (subject to hydrolysis) is 1. The number of anilines is 1. The van der Waals surface area contributed by atoms with E-state index in [9.17, 15) is 73.5 Å². The van der Waals surface area contributed by atoms with Crippen molar-refractivity contribution in [2.45, 2.75) is 338 Å². The van der Waals surface area contributed by atoms with Crippen LogP contribution >= 0.6 is 55.9 Å². The molecule has 8 rings (SSSR count). The predicted octanol–water partition coefficient (Wildman–Crippen LogP) is 9.13. The SMILES string of the molecule is CCN(CC(=O)CCCCCCCCCNCCCNC(=O)OCc1ccc(NC(=O)[C@H](CCCNC(N)=O)CC(=O)[C@@H](NC(=O)[C@H](CCCCN)CC(C)=O)C(C)C)cc1)[C@H]1CO[C@@H](O[C@H]2[C@H](O[C@H]3C#C/C=C\C#C[C@]4(O)CC(=O)C(CC(C)=O)=C3/C4=C\CSSC(C)C)O[C@H](C)[C@@H](NO[C@H]3C[C@H](O)[C@H](SC(=O)c4c(C)c(I)c(O[C@@H]5O[C@@H](C)[C@H](O)[C@@H](OC)[C@H]5O)c(OC)c4OC)[C@@H](C)O3)[C@@H]2O)C[C@@H]1OC. The van der Waals surface area contributed by atoms with E-state index >= 15 is 0 Å². The van der Waals surface area contributed by atoms with Gasteiger partial charge in [-0.2, -0.15) is 5.48 Å². The number of Topliss-reactive ketones (excluding diaryl/α,β-unsaturated/α-hetero) is 5. The van der Waals surface area contributed by atoms with E-state index < -0.39 is 174 Å². The van der Waals surface area contributed by atoms with Gasteiger partial charge in [0.1, 0.15) is 60.6 Å². The Morgan fingerprint density at radius 3 is 2.06 bits per heavy atom. The molecule has 15 N–H and O–H groups in total. The fourth-order valence-electron chi connectivity index (χ4n) is 17.9. The number of fused-ring (bicyclic) bond motifs is 2. The minimum atomic E-state index is -2.04. The molecular formula is C101H150IN9O28S3. The number of carbonyl (C=O) groups is 10. The summed E-state index contributed by atoms with van der Waals surface area (Å²) >= 11 is 2.81. The van der Waals surface area contributed by atoms with Crippen molar-refractivity contribution in [3.8, 4) is 40.9 Å². The number of urea groups is 1. The molecule has 0 aromatic heterocycles. The highest BCUT2D eigenvalue weighted by molar-refractivity contribution is 14.1. The maximum Gasteiger partial charge on any atom is 0.407 e. The van der Waals surface area contributed by atoms with Gasteiger partial charge < -0.3 is 125 Å². The topological polar surface area (TPSA) is 519 Å². The third-order valence-corrected chi connectivity index (χ3v) is 31.0. The molecule has 0 radical (unpaired) electrons. The number of ketones is 5. The number of nitrogens with one attached hydrogen (secondary N) is 6. The van der Waals surface area contributed by atoms with Crippen molar-refractivity contribution in [3.05, 3.63) is 79.5 Å². The number of aliphatic hydroxyl groups is 5. The molecule has 2 aliphatic carbocycles. The number of rotatable bonds is 59. The van der Waals surface area contributed by atoms with Crippen LogP contribution in [0.25, 0.3) is 0 Å². The molecule has 0 unspecified atom stereocenters. The zero-order valence-corrected chi connectivity index (χ0v) is 89.0. The van der Waals surface area contributed by atoms with Crippen LogP contribution < -0.4 is 57.7 Å². The summed E-state index contributed by atoms with van der Waals surface area (Å²) in [6, 6.07) is 3.54. The van der Waals surface area contributed by atoms with E-state index in [1.54, 1.807) is 89.8 Å². The summed E-state index contributed by atoms with van der Waals surface area (Å²) in [6.45, 7) is 22.2. The zero-order chi connectivity index (χ0) is 104. The van der Waals surface area contributed by atoms with E-state index in [2.05, 4.69) is 55.7 Å². The van der Waals surface area contributed by atoms with E-state index in [1.165, 1.54) is 58.1 Å². The number of amides is 5. The van der Waals surface area contributed by atoms with Gasteiger partial charge in [-0.15, -0.1) is 0 Å². The largest absolute Gasteiger partial charge is 0.492 e. The van der Waals surface area contributed by atoms with Gasteiger partial charge in [0.05, 0.1) is 96.8 Å². The number of benzene rings is 2. The molecule has 4 saturated heterocycles. The summed E-state index contributed by atoms with van der Waals surface area (Å²) in [5.41, 5.74) is 13.9. The van der Waals surface area contributed by atoms with E-state index in [-0.39, 0.29) is 139 Å². The molecule has 792 valence electrons. The lowest BCUT2D eigenvalue weighted by Gasteiger charge is -2.47. The molecule has 142 heavy (non-hydrogen) atoms. The zero-order valence-electron chi connectivity index (χ0n) is 84.4. The summed E-state index contributed by atoms with van der Waals surface area (Å²) in [5, 5.41) is 72.6. The highest BCUT2D eigenvalue weighted by Crippen LogP contribution is 2.50. The molecule has 2 bridgehead atoms. The Hall–Kier alpha value is -7.26. The Labute approximate surface area is 860 Å². The number of ether oxygens (including phenoxy) is 12. The standard InChI is InChI=1S/C101H150IN9O28S3/c1-16-111(54-69(114)34-24-20-18-17-19-23-29-43-105-44-31-46-107-100(125)132-55-65-36-38-68(39-37-65)108-94(121)67(33-30-45-106-99(104)124)50-73(115)83(57(2)3)109-95(122)66(48-59(6)112)32-26-28-42-103)72-56-131-78(52-77(72)127-12)137-91-86(119)84(62(9)134-98(91)136-76-35-25-21-22-27-41-101(126)53-75(117)70(49-60(7)113)81(76)71(101)40-47-140-142-58(4)5)110-139-79-51-74(116)93(64(11)133-79)141-96(123)80-61(8)82(102)89(92(130-15)88(80)128-13)138-97-87(120)90(129-14)85(118)63(10)135-97/h21-22,36-40,57-58,62-64,66-67,72,74,76-79,83-87,90-91,93,97-98,105,110,116,118-120,126H,16-20,23-24,26,28-34,42-56,103H2,1-15H3,(H,107,125)(H,108,121)(H,109,122)(H3,104,106,124)/b22-21-,71-40+/t62-,63+,64-,66-,67-,72+,74+,76+,77+,78+,79+,83+,84-,85+,86+,87-,90-,91-,93-,97+,98+,101+/m1/s1. The van der Waals surface area contributed by atoms with Crippen molar-refractivity contribution < 1.29 is 135 Å². The van der Waals surface area contributed by atoms with Crippen LogP contribution in [0.4, 0.5) is 15.3 Å². The molecule has 0 saturated carbocycles. The summed E-state index contributed by atoms with van der Waals surface area (Å²) < 4.78 is 74.7. The fourth-order valence-corrected chi connectivity index (χ4v) is 21.5. The molecule has 2 aromatic rings. The Bertz CT molecular complexity index is 4710. The number of methoxy groups -OCH3 is 4. The van der Waals surface area contributed by atoms with Crippen molar-refractivity contribution in [1.29, 1.82) is 0 Å². The number of likely N-dealkylation sites (N-methyl/N-ethyl adjacent to an activating group) is 1. The van der Waals surface area contributed by atoms with Crippen molar-refractivity contribution in [2.75, 3.05) is 91.9 Å². The summed E-state index contributed by atoms with van der Waals surface area (Å²) in [5.74, 6) is 8.35. The molecule has 37 nitrogen and oxygen atoms in total. The monoisotopic (exact) mass is 2160 g/mol. The van der Waals surface area contributed by atoms with E-state index in [1.807, 2.05) is 48.3 Å². The Morgan fingerprint density at radius 2 is 1.40 bits per heavy atom. The molecule has 5 amide bonds. The maximum atomic E-state index is 14.7. The molecule has 0 spiro atoms. The average Bonchev–Trinajstić information content (AvgIpc) is 0.749. The quantitative estimate of drug-likeness (QED) is 0.00964. The smallest absolute Gasteiger partial charge is 0.407 e. The van der Waals surface area contributed by atoms with Gasteiger partial charge in [0.25, 0.3) is 0 Å². The van der Waals surface area contributed by atoms with Gasteiger partial charge in [-0.25, -0.2) is 9.59 Å². The molecule has 4 heterocycles. The van der Waals surface area contributed by atoms with Crippen LogP contribution in [-0.4, -0.2) is 302 Å². The van der Waals surface area contributed by atoms with E-state index in [0.29, 0.717) is 90.8 Å². The number of hydrogen-bond donors (Lipinski definition) is 13. The summed E-state index contributed by atoms with van der Waals surface area (Å²) in [6.07, 6.45) is -4.57. The second kappa shape index (κ2) is 60.9. The van der Waals surface area contributed by atoms with E-state index in [4.69, 9.17) is 73.1 Å². The second-order valence-electron chi connectivity index (χ2n) is 37.3. The number of hydrogen-bond acceptors (Lipinski definition) is 35. The first kappa shape index (κ1) is 120. The number of nitrogens with two attached hydrogens (primary N) is 2. The molecular weight excluding hydrogens is 2010 g/mol. The number of nitrogens with zero attached hydrogens (tertiary/aromatic N) is 1. The molecule has 6 aliphatic rings. The van der Waals surface area contributed by atoms with Crippen LogP contribution in [0.5, 0.6) is 17.2 Å². The first-order valence-corrected chi connectivity index (χ1v) is 53.5. The van der Waals surface area contributed by atoms with Gasteiger partial charge in [0.15, 0.2) is 47.5 Å². The second-order valence-corrected chi connectivity index (χ2v) is 42.5. The van der Waals surface area contributed by atoms with Crippen molar-refractivity contribution in [1.82, 2.24) is 31.6 Å².